The first-order valence-electron chi connectivity index (χ1n) is 3.85. The molecule has 0 aliphatic rings. The van der Waals surface area contributed by atoms with Crippen molar-refractivity contribution in [3.05, 3.63) is 43.1 Å². The van der Waals surface area contributed by atoms with Gasteiger partial charge in [0.2, 0.25) is 0 Å². The topological polar surface area (TPSA) is 30.7 Å². The Kier molecular flexibility index (Phi) is 1.99. The van der Waals surface area contributed by atoms with Gasteiger partial charge in [-0.15, -0.1) is 5.10 Å². The summed E-state index contributed by atoms with van der Waals surface area (Å²) in [6.07, 6.45) is 1.48. The minimum absolute atomic E-state index is 0.345. The Morgan fingerprint density at radius 3 is 2.29 bits per heavy atom. The van der Waals surface area contributed by atoms with Crippen LogP contribution < -0.4 is 0 Å². The monoisotopic (exact) mass is 194 g/mol. The van der Waals surface area contributed by atoms with Crippen LogP contribution >= 0.6 is 0 Å². The molecule has 14 heavy (non-hydrogen) atoms. The maximum absolute atomic E-state index is 12.8. The number of benzene rings is 1. The lowest BCUT2D eigenvalue weighted by Gasteiger charge is -1.96. The molecule has 71 valence electrons. The third-order valence-corrected chi connectivity index (χ3v) is 1.70. The fourth-order valence-electron chi connectivity index (χ4n) is 1.13. The van der Waals surface area contributed by atoms with E-state index in [1.807, 2.05) is 0 Å². The third kappa shape index (κ3) is 1.61. The van der Waals surface area contributed by atoms with Crippen molar-refractivity contribution in [1.82, 2.24) is 15.0 Å². The van der Waals surface area contributed by atoms with E-state index in [-0.39, 0.29) is 0 Å². The van der Waals surface area contributed by atoms with Gasteiger partial charge in [0.25, 0.3) is 0 Å². The van der Waals surface area contributed by atoms with Gasteiger partial charge in [-0.1, -0.05) is 5.21 Å². The van der Waals surface area contributed by atoms with Gasteiger partial charge in [-0.05, 0) is 12.1 Å². The van der Waals surface area contributed by atoms with Gasteiger partial charge in [-0.3, -0.25) is 4.68 Å². The van der Waals surface area contributed by atoms with E-state index in [4.69, 9.17) is 0 Å². The molecule has 2 rings (SSSR count). The van der Waals surface area contributed by atoms with Gasteiger partial charge in [0.15, 0.2) is 0 Å². The van der Waals surface area contributed by atoms with Crippen LogP contribution in [-0.2, 0) is 0 Å². The van der Waals surface area contributed by atoms with Gasteiger partial charge in [0.1, 0.15) is 17.3 Å². The molecule has 0 spiro atoms. The molecule has 0 saturated heterocycles. The summed E-state index contributed by atoms with van der Waals surface area (Å²) in [5.41, 5.74) is 0.732. The van der Waals surface area contributed by atoms with E-state index >= 15 is 0 Å². The van der Waals surface area contributed by atoms with Crippen LogP contribution in [0.2, 0.25) is 0 Å². The Hall–Kier alpha value is -1.78. The predicted octanol–water partition coefficient (Wildman–Crippen LogP) is 1.86. The zero-order chi connectivity index (χ0) is 10.1. The summed E-state index contributed by atoms with van der Waals surface area (Å²) >= 11 is 0. The number of aromatic nitrogens is 3. The highest BCUT2D eigenvalue weighted by Gasteiger charge is 2.05. The Bertz CT molecular complexity index is 445. The molecule has 0 unspecified atom stereocenters. The maximum atomic E-state index is 12.8. The Morgan fingerprint density at radius 2 is 1.79 bits per heavy atom. The van der Waals surface area contributed by atoms with Crippen LogP contribution in [0.1, 0.15) is 0 Å². The number of hydrogen-bond acceptors (Lipinski definition) is 2. The molecule has 0 aliphatic heterocycles. The molecule has 2 aromatic rings. The van der Waals surface area contributed by atoms with Crippen molar-refractivity contribution in [3.63, 3.8) is 0 Å². The minimum Gasteiger partial charge on any atom is -0.250 e. The summed E-state index contributed by atoms with van der Waals surface area (Å²) in [5.74, 6) is -1.28. The van der Waals surface area contributed by atoms with E-state index < -0.39 is 11.6 Å². The zero-order valence-electron chi connectivity index (χ0n) is 7.11. The SMILES string of the molecule is [CH2]n1cc(-c2cc(F)cc(F)c2)nn1. The van der Waals surface area contributed by atoms with Crippen LogP contribution in [0.4, 0.5) is 8.78 Å². The molecule has 0 bridgehead atoms. The molecule has 1 radical (unpaired) electrons. The van der Waals surface area contributed by atoms with E-state index in [0.717, 1.165) is 6.07 Å². The van der Waals surface area contributed by atoms with Gasteiger partial charge in [0, 0.05) is 11.6 Å². The first kappa shape index (κ1) is 8.80. The Morgan fingerprint density at radius 1 is 1.14 bits per heavy atom. The lowest BCUT2D eigenvalue weighted by atomic mass is 10.1. The molecule has 0 N–H and O–H groups in total. The van der Waals surface area contributed by atoms with Crippen molar-refractivity contribution in [2.75, 3.05) is 0 Å². The van der Waals surface area contributed by atoms with E-state index in [9.17, 15) is 8.78 Å². The predicted molar refractivity (Wildman–Crippen MR) is 46.1 cm³/mol. The molecule has 1 aromatic heterocycles. The zero-order valence-corrected chi connectivity index (χ0v) is 7.11. The molecule has 0 atom stereocenters. The van der Waals surface area contributed by atoms with Gasteiger partial charge < -0.3 is 0 Å². The quantitative estimate of drug-likeness (QED) is 0.693. The number of halogens is 2. The largest absolute Gasteiger partial charge is 0.250 e. The van der Waals surface area contributed by atoms with Crippen LogP contribution in [0.5, 0.6) is 0 Å². The normalized spacial score (nSPS) is 10.5. The summed E-state index contributed by atoms with van der Waals surface area (Å²) in [5, 5.41) is 7.25. The van der Waals surface area contributed by atoms with Gasteiger partial charge in [-0.25, -0.2) is 8.78 Å². The van der Waals surface area contributed by atoms with Crippen molar-refractivity contribution in [1.29, 1.82) is 0 Å². The average molecular weight is 194 g/mol. The molecule has 0 amide bonds. The second-order valence-electron chi connectivity index (χ2n) is 2.80. The highest BCUT2D eigenvalue weighted by molar-refractivity contribution is 5.57. The van der Waals surface area contributed by atoms with Gasteiger partial charge in [-0.2, -0.15) is 0 Å². The van der Waals surface area contributed by atoms with Crippen molar-refractivity contribution >= 4 is 0 Å². The van der Waals surface area contributed by atoms with Crippen LogP contribution in [0, 0.1) is 18.7 Å². The molecular formula is C9H6F2N3. The Labute approximate surface area is 79.0 Å². The number of rotatable bonds is 1. The lowest BCUT2D eigenvalue weighted by molar-refractivity contribution is 0.584. The van der Waals surface area contributed by atoms with E-state index in [1.54, 1.807) is 0 Å². The minimum atomic E-state index is -0.640. The Balaban J connectivity index is 2.51. The highest BCUT2D eigenvalue weighted by Crippen LogP contribution is 2.18. The summed E-state index contributed by atoms with van der Waals surface area (Å²) < 4.78 is 26.8. The average Bonchev–Trinajstić information content (AvgIpc) is 2.50. The molecule has 1 heterocycles. The van der Waals surface area contributed by atoms with E-state index in [1.165, 1.54) is 23.0 Å². The van der Waals surface area contributed by atoms with E-state index in [0.29, 0.717) is 11.3 Å². The molecule has 0 aliphatic carbocycles. The molecule has 5 heteroatoms. The summed E-state index contributed by atoms with van der Waals surface area (Å²) in [7, 11) is 3.47. The fraction of sp³-hybridized carbons (Fsp3) is 0. The van der Waals surface area contributed by atoms with Crippen LogP contribution in [0.25, 0.3) is 11.3 Å². The fourth-order valence-corrected chi connectivity index (χ4v) is 1.13. The van der Waals surface area contributed by atoms with Crippen molar-refractivity contribution < 1.29 is 8.78 Å². The molecular weight excluding hydrogens is 188 g/mol. The third-order valence-electron chi connectivity index (χ3n) is 1.70. The van der Waals surface area contributed by atoms with Crippen LogP contribution in [0.3, 0.4) is 0 Å². The summed E-state index contributed by atoms with van der Waals surface area (Å²) in [6, 6.07) is 3.18. The first-order valence-corrected chi connectivity index (χ1v) is 3.85. The first-order chi connectivity index (χ1) is 6.65. The number of nitrogens with zero attached hydrogens (tertiary/aromatic N) is 3. The van der Waals surface area contributed by atoms with Gasteiger partial charge in [0.05, 0.1) is 13.2 Å². The van der Waals surface area contributed by atoms with Crippen molar-refractivity contribution in [3.8, 4) is 11.3 Å². The molecule has 0 fully saturated rings. The second-order valence-corrected chi connectivity index (χ2v) is 2.80. The lowest BCUT2D eigenvalue weighted by Crippen LogP contribution is -1.84. The van der Waals surface area contributed by atoms with Crippen LogP contribution in [-0.4, -0.2) is 15.0 Å². The van der Waals surface area contributed by atoms with Gasteiger partial charge >= 0.3 is 0 Å². The van der Waals surface area contributed by atoms with E-state index in [2.05, 4.69) is 17.4 Å². The second kappa shape index (κ2) is 3.17. The molecule has 3 nitrogen and oxygen atoms in total. The van der Waals surface area contributed by atoms with Crippen molar-refractivity contribution in [2.24, 2.45) is 0 Å². The molecule has 0 saturated carbocycles. The molecule has 1 aromatic carbocycles. The van der Waals surface area contributed by atoms with Crippen molar-refractivity contribution in [2.45, 2.75) is 0 Å². The summed E-state index contributed by atoms with van der Waals surface area (Å²) in [6.45, 7) is 0. The smallest absolute Gasteiger partial charge is 0.126 e. The number of hydrogen-bond donors (Lipinski definition) is 0. The van der Waals surface area contributed by atoms with Crippen LogP contribution in [0.15, 0.2) is 24.4 Å². The summed E-state index contributed by atoms with van der Waals surface area (Å²) in [4.78, 5) is 0. The highest BCUT2D eigenvalue weighted by atomic mass is 19.1. The standard InChI is InChI=1S/C9H6F2N3/c1-14-5-9(12-13-14)6-2-7(10)4-8(11)3-6/h2-5H,1H2. The maximum Gasteiger partial charge on any atom is 0.126 e.